The summed E-state index contributed by atoms with van der Waals surface area (Å²) in [6, 6.07) is 6.18. The zero-order valence-corrected chi connectivity index (χ0v) is 15.9. The molecule has 2 aliphatic rings. The molecule has 0 spiro atoms. The molecule has 1 aliphatic heterocycles. The number of carbonyl (C=O) groups is 1. The maximum absolute atomic E-state index is 12.6. The van der Waals surface area contributed by atoms with Gasteiger partial charge >= 0.3 is 0 Å². The van der Waals surface area contributed by atoms with Crippen LogP contribution in [0.1, 0.15) is 31.2 Å². The molecule has 0 unspecified atom stereocenters. The van der Waals surface area contributed by atoms with Crippen LogP contribution in [-0.2, 0) is 11.3 Å². The van der Waals surface area contributed by atoms with Gasteiger partial charge in [0.15, 0.2) is 0 Å². The number of nitrogens with two attached hydrogens (primary N) is 1. The van der Waals surface area contributed by atoms with E-state index in [1.54, 1.807) is 14.2 Å². The Bertz CT molecular complexity index is 592. The third-order valence-corrected chi connectivity index (χ3v) is 5.70. The number of piperazine rings is 1. The Hall–Kier alpha value is -1.79. The van der Waals surface area contributed by atoms with E-state index in [-0.39, 0.29) is 11.9 Å². The van der Waals surface area contributed by atoms with Gasteiger partial charge in [0.05, 0.1) is 14.2 Å². The number of benzene rings is 1. The first-order valence-corrected chi connectivity index (χ1v) is 9.56. The van der Waals surface area contributed by atoms with Crippen LogP contribution in [0.15, 0.2) is 18.2 Å². The van der Waals surface area contributed by atoms with E-state index in [0.29, 0.717) is 12.3 Å². The second-order valence-electron chi connectivity index (χ2n) is 7.44. The fourth-order valence-corrected chi connectivity index (χ4v) is 4.04. The summed E-state index contributed by atoms with van der Waals surface area (Å²) >= 11 is 0. The summed E-state index contributed by atoms with van der Waals surface area (Å²) in [4.78, 5) is 16.9. The number of nitrogens with zero attached hydrogens (tertiary/aromatic N) is 2. The zero-order chi connectivity index (χ0) is 18.5. The lowest BCUT2D eigenvalue weighted by atomic mass is 9.99. The number of amides is 1. The van der Waals surface area contributed by atoms with Crippen molar-refractivity contribution in [2.24, 2.45) is 11.7 Å². The summed E-state index contributed by atoms with van der Waals surface area (Å²) in [5, 5.41) is 0. The number of methoxy groups -OCH3 is 2. The molecule has 1 amide bonds. The minimum atomic E-state index is 0.211. The SMILES string of the molecule is COc1cc(CN2CCN(C(=O)C[C@@H]3CCC[C@H]3N)CC2)cc(OC)c1. The van der Waals surface area contributed by atoms with Gasteiger partial charge in [-0.05, 0) is 36.5 Å². The first kappa shape index (κ1) is 19.0. The summed E-state index contributed by atoms with van der Waals surface area (Å²) in [7, 11) is 3.33. The number of carbonyl (C=O) groups excluding carboxylic acids is 1. The van der Waals surface area contributed by atoms with Gasteiger partial charge in [0.1, 0.15) is 11.5 Å². The molecule has 144 valence electrons. The van der Waals surface area contributed by atoms with Crippen LogP contribution >= 0.6 is 0 Å². The highest BCUT2D eigenvalue weighted by atomic mass is 16.5. The van der Waals surface area contributed by atoms with Crippen LogP contribution in [0.2, 0.25) is 0 Å². The molecule has 2 fully saturated rings. The summed E-state index contributed by atoms with van der Waals surface area (Å²) in [6.45, 7) is 4.21. The van der Waals surface area contributed by atoms with Crippen LogP contribution in [0.5, 0.6) is 11.5 Å². The minimum absolute atomic E-state index is 0.211. The third-order valence-electron chi connectivity index (χ3n) is 5.70. The van der Waals surface area contributed by atoms with Crippen molar-refractivity contribution in [2.75, 3.05) is 40.4 Å². The summed E-state index contributed by atoms with van der Waals surface area (Å²) in [5.41, 5.74) is 7.28. The summed E-state index contributed by atoms with van der Waals surface area (Å²) in [5.74, 6) is 2.27. The van der Waals surface area contributed by atoms with E-state index in [2.05, 4.69) is 4.90 Å². The van der Waals surface area contributed by atoms with Crippen molar-refractivity contribution in [1.29, 1.82) is 0 Å². The largest absolute Gasteiger partial charge is 0.497 e. The zero-order valence-electron chi connectivity index (χ0n) is 15.9. The first-order chi connectivity index (χ1) is 12.6. The van der Waals surface area contributed by atoms with Gasteiger partial charge in [-0.3, -0.25) is 9.69 Å². The monoisotopic (exact) mass is 361 g/mol. The lowest BCUT2D eigenvalue weighted by molar-refractivity contribution is -0.134. The minimum Gasteiger partial charge on any atom is -0.497 e. The Balaban J connectivity index is 1.50. The van der Waals surface area contributed by atoms with E-state index in [4.69, 9.17) is 15.2 Å². The molecule has 0 radical (unpaired) electrons. The third kappa shape index (κ3) is 4.68. The molecule has 2 atom stereocenters. The Morgan fingerprint density at radius 1 is 1.08 bits per heavy atom. The maximum Gasteiger partial charge on any atom is 0.222 e. The smallest absolute Gasteiger partial charge is 0.222 e. The van der Waals surface area contributed by atoms with Crippen molar-refractivity contribution in [1.82, 2.24) is 9.80 Å². The molecule has 1 heterocycles. The average Bonchev–Trinajstić information content (AvgIpc) is 3.06. The number of ether oxygens (including phenoxy) is 2. The van der Waals surface area contributed by atoms with E-state index in [1.807, 2.05) is 23.1 Å². The van der Waals surface area contributed by atoms with Crippen LogP contribution in [0, 0.1) is 5.92 Å². The summed E-state index contributed by atoms with van der Waals surface area (Å²) < 4.78 is 10.7. The van der Waals surface area contributed by atoms with E-state index in [9.17, 15) is 4.79 Å². The molecule has 26 heavy (non-hydrogen) atoms. The Kier molecular flexibility index (Phi) is 6.38. The van der Waals surface area contributed by atoms with Crippen LogP contribution in [0.4, 0.5) is 0 Å². The number of hydrogen-bond donors (Lipinski definition) is 1. The summed E-state index contributed by atoms with van der Waals surface area (Å²) in [6.07, 6.45) is 3.95. The van der Waals surface area contributed by atoms with Crippen molar-refractivity contribution < 1.29 is 14.3 Å². The predicted octanol–water partition coefficient (Wildman–Crippen LogP) is 1.87. The van der Waals surface area contributed by atoms with Crippen LogP contribution < -0.4 is 15.2 Å². The quantitative estimate of drug-likeness (QED) is 0.838. The standard InChI is InChI=1S/C20H31N3O3/c1-25-17-10-15(11-18(13-17)26-2)14-22-6-8-23(9-7-22)20(24)12-16-4-3-5-19(16)21/h10-11,13,16,19H,3-9,12,14,21H2,1-2H3/t16-,19+/m0/s1. The molecule has 0 bridgehead atoms. The molecule has 6 heteroatoms. The normalized spacial score (nSPS) is 23.9. The fraction of sp³-hybridized carbons (Fsp3) is 0.650. The number of hydrogen-bond acceptors (Lipinski definition) is 5. The van der Waals surface area contributed by atoms with Gasteiger partial charge in [0.25, 0.3) is 0 Å². The predicted molar refractivity (Wildman–Crippen MR) is 101 cm³/mol. The molecule has 2 N–H and O–H groups in total. The van der Waals surface area contributed by atoms with E-state index in [0.717, 1.165) is 69.0 Å². The molecule has 0 aromatic heterocycles. The average molecular weight is 361 g/mol. The fourth-order valence-electron chi connectivity index (χ4n) is 4.04. The molecule has 1 saturated carbocycles. The highest BCUT2D eigenvalue weighted by molar-refractivity contribution is 5.76. The van der Waals surface area contributed by atoms with E-state index < -0.39 is 0 Å². The van der Waals surface area contributed by atoms with E-state index >= 15 is 0 Å². The molecule has 1 saturated heterocycles. The van der Waals surface area contributed by atoms with Gasteiger partial charge in [0, 0.05) is 51.3 Å². The van der Waals surface area contributed by atoms with Crippen molar-refractivity contribution in [2.45, 2.75) is 38.3 Å². The first-order valence-electron chi connectivity index (χ1n) is 9.56. The van der Waals surface area contributed by atoms with Gasteiger partial charge in [-0.2, -0.15) is 0 Å². The van der Waals surface area contributed by atoms with Gasteiger partial charge in [-0.25, -0.2) is 0 Å². The Labute approximate surface area is 156 Å². The molecule has 1 aromatic carbocycles. The highest BCUT2D eigenvalue weighted by Gasteiger charge is 2.29. The van der Waals surface area contributed by atoms with Crippen molar-refractivity contribution >= 4 is 5.91 Å². The Morgan fingerprint density at radius 3 is 2.27 bits per heavy atom. The molecule has 1 aliphatic carbocycles. The van der Waals surface area contributed by atoms with Crippen LogP contribution in [-0.4, -0.2) is 62.1 Å². The second kappa shape index (κ2) is 8.73. The van der Waals surface area contributed by atoms with Gasteiger partial charge in [0.2, 0.25) is 5.91 Å². The van der Waals surface area contributed by atoms with Crippen LogP contribution in [0.25, 0.3) is 0 Å². The van der Waals surface area contributed by atoms with Gasteiger partial charge in [-0.1, -0.05) is 6.42 Å². The van der Waals surface area contributed by atoms with E-state index in [1.165, 1.54) is 0 Å². The second-order valence-corrected chi connectivity index (χ2v) is 7.44. The molecular formula is C20H31N3O3. The number of rotatable bonds is 6. The Morgan fingerprint density at radius 2 is 1.73 bits per heavy atom. The van der Waals surface area contributed by atoms with Gasteiger partial charge in [-0.15, -0.1) is 0 Å². The van der Waals surface area contributed by atoms with Crippen LogP contribution in [0.3, 0.4) is 0 Å². The molecule has 6 nitrogen and oxygen atoms in total. The maximum atomic E-state index is 12.6. The van der Waals surface area contributed by atoms with Crippen molar-refractivity contribution in [3.63, 3.8) is 0 Å². The van der Waals surface area contributed by atoms with Crippen molar-refractivity contribution in [3.05, 3.63) is 23.8 Å². The molecule has 3 rings (SSSR count). The molecular weight excluding hydrogens is 330 g/mol. The topological polar surface area (TPSA) is 68.0 Å². The molecule has 1 aromatic rings. The van der Waals surface area contributed by atoms with Crippen molar-refractivity contribution in [3.8, 4) is 11.5 Å². The van der Waals surface area contributed by atoms with Gasteiger partial charge < -0.3 is 20.1 Å². The highest BCUT2D eigenvalue weighted by Crippen LogP contribution is 2.28. The lowest BCUT2D eigenvalue weighted by Gasteiger charge is -2.35. The lowest BCUT2D eigenvalue weighted by Crippen LogP contribution is -2.49.